The standard InChI is InChI=1S/C31H30F3N5O2/c1-30(2,3)36-18-21-7-4-5-10-24(21)19-11-13-22(14-12-19)38-16-15-25-26(29(38)41)39(37-27(25)31(32,33)34)23-9-6-8-20(17-23)28(35)40/h4-14,17,36H,15-16,18H2,1-3H3,(H2,35,40). The first-order valence-electron chi connectivity index (χ1n) is 13.2. The Morgan fingerprint density at radius 3 is 2.34 bits per heavy atom. The molecular weight excluding hydrogens is 531 g/mol. The Hall–Kier alpha value is -4.44. The number of hydrogen-bond donors (Lipinski definition) is 2. The van der Waals surface area contributed by atoms with Crippen LogP contribution in [-0.4, -0.2) is 33.7 Å². The molecule has 3 N–H and O–H groups in total. The highest BCUT2D eigenvalue weighted by Gasteiger charge is 2.43. The number of nitrogens with zero attached hydrogens (tertiary/aromatic N) is 3. The predicted octanol–water partition coefficient (Wildman–Crippen LogP) is 5.75. The van der Waals surface area contributed by atoms with E-state index in [1.54, 1.807) is 12.1 Å². The van der Waals surface area contributed by atoms with E-state index in [1.165, 1.54) is 29.2 Å². The van der Waals surface area contributed by atoms with Crippen molar-refractivity contribution in [3.63, 3.8) is 0 Å². The van der Waals surface area contributed by atoms with Crippen LogP contribution in [0.3, 0.4) is 0 Å². The van der Waals surface area contributed by atoms with Gasteiger partial charge < -0.3 is 16.0 Å². The van der Waals surface area contributed by atoms with Gasteiger partial charge in [-0.05, 0) is 74.2 Å². The molecule has 7 nitrogen and oxygen atoms in total. The number of nitrogens with two attached hydrogens (primary N) is 1. The summed E-state index contributed by atoms with van der Waals surface area (Å²) in [4.78, 5) is 26.9. The summed E-state index contributed by atoms with van der Waals surface area (Å²) in [6.45, 7) is 7.04. The first-order valence-corrected chi connectivity index (χ1v) is 13.2. The van der Waals surface area contributed by atoms with Crippen LogP contribution in [-0.2, 0) is 19.1 Å². The molecule has 0 saturated carbocycles. The van der Waals surface area contributed by atoms with Crippen molar-refractivity contribution < 1.29 is 22.8 Å². The lowest BCUT2D eigenvalue weighted by Gasteiger charge is -2.28. The summed E-state index contributed by atoms with van der Waals surface area (Å²) in [6.07, 6.45) is -4.79. The Labute approximate surface area is 235 Å². The van der Waals surface area contributed by atoms with Crippen molar-refractivity contribution in [3.05, 3.63) is 101 Å². The quantitative estimate of drug-likeness (QED) is 0.314. The van der Waals surface area contributed by atoms with Gasteiger partial charge in [-0.25, -0.2) is 4.68 Å². The van der Waals surface area contributed by atoms with E-state index in [9.17, 15) is 22.8 Å². The minimum atomic E-state index is -4.75. The molecule has 0 unspecified atom stereocenters. The van der Waals surface area contributed by atoms with Gasteiger partial charge in [0.15, 0.2) is 5.69 Å². The summed E-state index contributed by atoms with van der Waals surface area (Å²) in [5.74, 6) is -1.35. The smallest absolute Gasteiger partial charge is 0.366 e. The van der Waals surface area contributed by atoms with Gasteiger partial charge in [0.2, 0.25) is 5.91 Å². The molecule has 0 spiro atoms. The predicted molar refractivity (Wildman–Crippen MR) is 151 cm³/mol. The van der Waals surface area contributed by atoms with Crippen LogP contribution < -0.4 is 16.0 Å². The molecule has 2 amide bonds. The highest BCUT2D eigenvalue weighted by atomic mass is 19.4. The van der Waals surface area contributed by atoms with Gasteiger partial charge in [0, 0.05) is 35.4 Å². The second-order valence-electron chi connectivity index (χ2n) is 11.0. The molecule has 0 bridgehead atoms. The second kappa shape index (κ2) is 10.5. The van der Waals surface area contributed by atoms with Gasteiger partial charge in [0.25, 0.3) is 5.91 Å². The third-order valence-corrected chi connectivity index (χ3v) is 6.98. The monoisotopic (exact) mass is 561 g/mol. The van der Waals surface area contributed by atoms with E-state index in [0.717, 1.165) is 21.4 Å². The lowest BCUT2D eigenvalue weighted by atomic mass is 9.97. The Morgan fingerprint density at radius 1 is 0.976 bits per heavy atom. The van der Waals surface area contributed by atoms with E-state index in [2.05, 4.69) is 37.3 Å². The number of anilines is 1. The Balaban J connectivity index is 1.50. The van der Waals surface area contributed by atoms with Crippen molar-refractivity contribution in [1.82, 2.24) is 15.1 Å². The summed E-state index contributed by atoms with van der Waals surface area (Å²) in [6, 6.07) is 21.2. The minimum absolute atomic E-state index is 0.0332. The van der Waals surface area contributed by atoms with Crippen LogP contribution in [0.1, 0.15) is 58.4 Å². The fourth-order valence-corrected chi connectivity index (χ4v) is 4.95. The molecule has 3 aromatic carbocycles. The van der Waals surface area contributed by atoms with Crippen molar-refractivity contribution in [3.8, 4) is 16.8 Å². The van der Waals surface area contributed by atoms with Gasteiger partial charge in [0.05, 0.1) is 5.69 Å². The van der Waals surface area contributed by atoms with E-state index in [0.29, 0.717) is 12.2 Å². The molecule has 4 aromatic rings. The average molecular weight is 562 g/mol. The van der Waals surface area contributed by atoms with E-state index >= 15 is 0 Å². The third-order valence-electron chi connectivity index (χ3n) is 6.98. The van der Waals surface area contributed by atoms with Crippen molar-refractivity contribution >= 4 is 17.5 Å². The van der Waals surface area contributed by atoms with Crippen LogP contribution >= 0.6 is 0 Å². The Kier molecular flexibility index (Phi) is 7.21. The van der Waals surface area contributed by atoms with Crippen molar-refractivity contribution in [2.45, 2.75) is 45.5 Å². The molecule has 5 rings (SSSR count). The minimum Gasteiger partial charge on any atom is -0.366 e. The molecule has 41 heavy (non-hydrogen) atoms. The molecule has 0 atom stereocenters. The number of hydrogen-bond acceptors (Lipinski definition) is 4. The van der Waals surface area contributed by atoms with Gasteiger partial charge in [-0.2, -0.15) is 18.3 Å². The molecule has 1 aliphatic rings. The Morgan fingerprint density at radius 2 is 1.68 bits per heavy atom. The number of nitrogens with one attached hydrogen (secondary N) is 1. The maximum atomic E-state index is 13.9. The third kappa shape index (κ3) is 5.74. The van der Waals surface area contributed by atoms with E-state index in [4.69, 9.17) is 5.73 Å². The topological polar surface area (TPSA) is 93.2 Å². The zero-order chi connectivity index (χ0) is 29.5. The van der Waals surface area contributed by atoms with E-state index in [1.807, 2.05) is 30.3 Å². The van der Waals surface area contributed by atoms with Crippen LogP contribution in [0.5, 0.6) is 0 Å². The second-order valence-corrected chi connectivity index (χ2v) is 11.0. The van der Waals surface area contributed by atoms with Gasteiger partial charge >= 0.3 is 6.18 Å². The maximum absolute atomic E-state index is 13.9. The summed E-state index contributed by atoms with van der Waals surface area (Å²) in [7, 11) is 0. The number of carbonyl (C=O) groups excluding carboxylic acids is 2. The SMILES string of the molecule is CC(C)(C)NCc1ccccc1-c1ccc(N2CCc3c(C(F)(F)F)nn(-c4cccc(C(N)=O)c4)c3C2=O)cc1. The Bertz CT molecular complexity index is 1620. The number of carbonyl (C=O) groups is 2. The first-order chi connectivity index (χ1) is 19.3. The number of fused-ring (bicyclic) bond motifs is 1. The van der Waals surface area contributed by atoms with Gasteiger partial charge in [-0.15, -0.1) is 0 Å². The molecule has 1 aromatic heterocycles. The van der Waals surface area contributed by atoms with Crippen molar-refractivity contribution in [2.24, 2.45) is 5.73 Å². The van der Waals surface area contributed by atoms with Gasteiger partial charge in [0.1, 0.15) is 5.69 Å². The average Bonchev–Trinajstić information content (AvgIpc) is 3.34. The lowest BCUT2D eigenvalue weighted by molar-refractivity contribution is -0.141. The molecule has 0 radical (unpaired) electrons. The molecule has 0 aliphatic carbocycles. The number of alkyl halides is 3. The fraction of sp³-hybridized carbons (Fsp3) is 0.258. The maximum Gasteiger partial charge on any atom is 0.435 e. The highest BCUT2D eigenvalue weighted by Crippen LogP contribution is 2.37. The van der Waals surface area contributed by atoms with Crippen LogP contribution in [0.2, 0.25) is 0 Å². The molecule has 1 aliphatic heterocycles. The van der Waals surface area contributed by atoms with E-state index < -0.39 is 23.7 Å². The molecule has 2 heterocycles. The zero-order valence-electron chi connectivity index (χ0n) is 22.9. The zero-order valence-corrected chi connectivity index (χ0v) is 22.9. The molecule has 0 saturated heterocycles. The molecule has 10 heteroatoms. The van der Waals surface area contributed by atoms with Crippen molar-refractivity contribution in [1.29, 1.82) is 0 Å². The normalized spacial score (nSPS) is 13.8. The molecule has 212 valence electrons. The highest BCUT2D eigenvalue weighted by molar-refractivity contribution is 6.07. The number of halogens is 3. The van der Waals surface area contributed by atoms with Crippen LogP contribution in [0, 0.1) is 0 Å². The number of benzene rings is 3. The number of rotatable bonds is 6. The van der Waals surface area contributed by atoms with E-state index in [-0.39, 0.29) is 41.0 Å². The van der Waals surface area contributed by atoms with Crippen LogP contribution in [0.15, 0.2) is 72.8 Å². The first kappa shape index (κ1) is 28.1. The van der Waals surface area contributed by atoms with Gasteiger partial charge in [-0.1, -0.05) is 42.5 Å². The number of primary amides is 1. The summed E-state index contributed by atoms with van der Waals surface area (Å²) >= 11 is 0. The van der Waals surface area contributed by atoms with Crippen molar-refractivity contribution in [2.75, 3.05) is 11.4 Å². The number of amides is 2. The summed E-state index contributed by atoms with van der Waals surface area (Å²) < 4.78 is 42.8. The summed E-state index contributed by atoms with van der Waals surface area (Å²) in [5.41, 5.74) is 7.77. The largest absolute Gasteiger partial charge is 0.435 e. The van der Waals surface area contributed by atoms with Crippen LogP contribution in [0.4, 0.5) is 18.9 Å². The van der Waals surface area contributed by atoms with Crippen LogP contribution in [0.25, 0.3) is 16.8 Å². The molecule has 0 fully saturated rings. The van der Waals surface area contributed by atoms with Gasteiger partial charge in [-0.3, -0.25) is 9.59 Å². The number of aromatic nitrogens is 2. The molecular formula is C31H30F3N5O2. The lowest BCUT2D eigenvalue weighted by Crippen LogP contribution is -2.39. The fourth-order valence-electron chi connectivity index (χ4n) is 4.95. The summed E-state index contributed by atoms with van der Waals surface area (Å²) in [5, 5.41) is 7.30.